The fourth-order valence-corrected chi connectivity index (χ4v) is 21.5. The summed E-state index contributed by atoms with van der Waals surface area (Å²) in [4.78, 5) is 34.7. The first kappa shape index (κ1) is 54.1. The molecule has 1 aromatic carbocycles. The Balaban J connectivity index is 0.956. The first-order valence-corrected chi connectivity index (χ1v) is 31.8. The number of epoxide rings is 1. The first-order chi connectivity index (χ1) is 37.1. The molecule has 10 nitrogen and oxygen atoms in total. The van der Waals surface area contributed by atoms with E-state index in [0.717, 1.165) is 75.7 Å². The Morgan fingerprint density at radius 2 is 1.56 bits per heavy atom. The van der Waals surface area contributed by atoms with Gasteiger partial charge in [-0.1, -0.05) is 91.3 Å². The number of aliphatic hydroxyl groups is 3. The molecule has 14 atom stereocenters. The van der Waals surface area contributed by atoms with Crippen molar-refractivity contribution in [1.29, 1.82) is 0 Å². The number of Topliss-reactive ketones (excluding diaryl/α,β-unsaturated/α-hetero) is 2. The van der Waals surface area contributed by atoms with Crippen LogP contribution in [0.25, 0.3) is 11.0 Å². The van der Waals surface area contributed by atoms with Crippen LogP contribution < -0.4 is 5.32 Å². The average Bonchev–Trinajstić information content (AvgIpc) is 1.76. The zero-order chi connectivity index (χ0) is 54.6. The number of aryl methyl sites for hydroxylation is 1. The lowest BCUT2D eigenvalue weighted by Gasteiger charge is -2.74. The zero-order valence-corrected chi connectivity index (χ0v) is 49.1. The summed E-state index contributed by atoms with van der Waals surface area (Å²) in [6, 6.07) is 7.74. The van der Waals surface area contributed by atoms with Crippen molar-refractivity contribution in [2.45, 2.75) is 257 Å². The summed E-state index contributed by atoms with van der Waals surface area (Å²) in [5.74, 6) is 0.958. The molecule has 7 aliphatic carbocycles. The number of rotatable bonds is 10. The normalized spacial score (nSPS) is 41.6. The number of nitrogens with one attached hydrogen (secondary N) is 2. The van der Waals surface area contributed by atoms with E-state index in [1.807, 2.05) is 20.9 Å². The van der Waals surface area contributed by atoms with E-state index in [1.165, 1.54) is 103 Å². The maximum Gasteiger partial charge on any atom is 0.160 e. The van der Waals surface area contributed by atoms with Crippen LogP contribution >= 0.6 is 0 Å². The quantitative estimate of drug-likeness (QED) is 0.126. The van der Waals surface area contributed by atoms with Gasteiger partial charge in [0, 0.05) is 67.1 Å². The molecule has 0 bridgehead atoms. The molecule has 5 N–H and O–H groups in total. The lowest BCUT2D eigenvalue weighted by Crippen LogP contribution is -2.72. The molecular weight excluding hydrogens is 971 g/mol. The third-order valence-electron chi connectivity index (χ3n) is 25.7. The SMILES string of the molecule is CNCCC1(C)C(=O)CC2(CCC(O)C2)C2(C)C1CCC1(C)C2C(O)C2Cn3cc(Cc4cc(C5CCCCC5)cc(C5CCOC6(CCCCC6)C5)c4)c4[nH]cc(c43)CCC(C)(CC(O)C3OC3(C)C)C3=C2C1(C)CC3=O. The number of aromatic nitrogens is 2. The van der Waals surface area contributed by atoms with Gasteiger partial charge in [0.2, 0.25) is 0 Å². The molecule has 8 fully saturated rings. The summed E-state index contributed by atoms with van der Waals surface area (Å²) in [6.07, 6.45) is 25.0. The monoisotopic (exact) mass is 1070 g/mol. The van der Waals surface area contributed by atoms with Gasteiger partial charge in [-0.15, -0.1) is 0 Å². The van der Waals surface area contributed by atoms with Gasteiger partial charge in [0.1, 0.15) is 11.9 Å². The Hall–Kier alpha value is -3.12. The van der Waals surface area contributed by atoms with Crippen LogP contribution in [0.5, 0.6) is 0 Å². The van der Waals surface area contributed by atoms with Gasteiger partial charge in [0.25, 0.3) is 0 Å². The molecule has 0 radical (unpaired) electrons. The highest BCUT2D eigenvalue weighted by Gasteiger charge is 2.77. The predicted molar refractivity (Wildman–Crippen MR) is 306 cm³/mol. The molecule has 2 aromatic heterocycles. The van der Waals surface area contributed by atoms with Crippen molar-refractivity contribution in [2.24, 2.45) is 50.2 Å². The average molecular weight is 1070 g/mol. The van der Waals surface area contributed by atoms with Crippen molar-refractivity contribution in [2.75, 3.05) is 20.2 Å². The highest BCUT2D eigenvalue weighted by Crippen LogP contribution is 2.80. The molecular formula is C68H97N3O7. The van der Waals surface area contributed by atoms with Crippen molar-refractivity contribution in [3.8, 4) is 0 Å². The summed E-state index contributed by atoms with van der Waals surface area (Å²) in [6.45, 7) is 18.0. The number of aliphatic hydroxyl groups excluding tert-OH is 3. The van der Waals surface area contributed by atoms with Gasteiger partial charge in [-0.2, -0.15) is 0 Å². The Labute approximate surface area is 466 Å². The van der Waals surface area contributed by atoms with E-state index < -0.39 is 62.3 Å². The van der Waals surface area contributed by atoms with Crippen molar-refractivity contribution >= 4 is 22.6 Å². The molecule has 3 aliphatic heterocycles. The van der Waals surface area contributed by atoms with Crippen LogP contribution in [0, 0.1) is 50.2 Å². The van der Waals surface area contributed by atoms with Gasteiger partial charge in [-0.25, -0.2) is 0 Å². The van der Waals surface area contributed by atoms with Crippen molar-refractivity contribution in [3.63, 3.8) is 0 Å². The molecule has 10 aliphatic rings. The fraction of sp³-hybridized carbons (Fsp3) is 0.765. The van der Waals surface area contributed by atoms with E-state index >= 15 is 9.59 Å². The minimum Gasteiger partial charge on any atom is -0.393 e. The number of carbonyl (C=O) groups excluding carboxylic acids is 2. The van der Waals surface area contributed by atoms with Crippen LogP contribution in [0.4, 0.5) is 0 Å². The van der Waals surface area contributed by atoms with Crippen LogP contribution in [0.15, 0.2) is 41.7 Å². The second-order valence-corrected chi connectivity index (χ2v) is 30.3. The summed E-state index contributed by atoms with van der Waals surface area (Å²) in [5, 5.41) is 41.6. The van der Waals surface area contributed by atoms with E-state index in [0.29, 0.717) is 62.7 Å². The lowest BCUT2D eigenvalue weighted by atomic mass is 9.30. The highest BCUT2D eigenvalue weighted by atomic mass is 16.6. The molecule has 14 unspecified atom stereocenters. The van der Waals surface area contributed by atoms with Crippen molar-refractivity contribution in [1.82, 2.24) is 14.9 Å². The number of H-pyrrole nitrogens is 1. The van der Waals surface area contributed by atoms with E-state index in [1.54, 1.807) is 0 Å². The molecule has 5 heterocycles. The number of carbonyl (C=O) groups is 2. The number of hydrogen-bond donors (Lipinski definition) is 5. The Morgan fingerprint density at radius 1 is 0.833 bits per heavy atom. The second kappa shape index (κ2) is 19.0. The fourth-order valence-electron chi connectivity index (χ4n) is 21.5. The number of ether oxygens (including phenoxy) is 2. The third-order valence-corrected chi connectivity index (χ3v) is 25.7. The van der Waals surface area contributed by atoms with Gasteiger partial charge >= 0.3 is 0 Å². The first-order valence-electron chi connectivity index (χ1n) is 31.8. The second-order valence-electron chi connectivity index (χ2n) is 30.3. The number of ketones is 2. The maximum atomic E-state index is 15.8. The van der Waals surface area contributed by atoms with Gasteiger partial charge in [-0.3, -0.25) is 9.59 Å². The Kier molecular flexibility index (Phi) is 13.2. The van der Waals surface area contributed by atoms with Gasteiger partial charge in [0.15, 0.2) is 5.78 Å². The Bertz CT molecular complexity index is 2880. The molecule has 2 saturated heterocycles. The number of allylic oxidation sites excluding steroid dienone is 1. The topological polar surface area (TPSA) is 149 Å². The number of aromatic amines is 1. The zero-order valence-electron chi connectivity index (χ0n) is 49.1. The maximum absolute atomic E-state index is 15.8. The van der Waals surface area contributed by atoms with E-state index in [-0.39, 0.29) is 29.3 Å². The molecule has 13 rings (SSSR count). The van der Waals surface area contributed by atoms with E-state index in [9.17, 15) is 15.3 Å². The van der Waals surface area contributed by atoms with Crippen molar-refractivity contribution < 1.29 is 34.4 Å². The summed E-state index contributed by atoms with van der Waals surface area (Å²) in [5.41, 5.74) is 7.55. The highest BCUT2D eigenvalue weighted by molar-refractivity contribution is 6.02. The smallest absolute Gasteiger partial charge is 0.160 e. The molecule has 426 valence electrons. The van der Waals surface area contributed by atoms with Crippen LogP contribution in [0.1, 0.15) is 229 Å². The molecule has 78 heavy (non-hydrogen) atoms. The van der Waals surface area contributed by atoms with E-state index in [4.69, 9.17) is 9.47 Å². The number of fused-ring (bicyclic) bond motifs is 5. The molecule has 3 aromatic rings. The molecule has 10 heteroatoms. The number of benzene rings is 1. The summed E-state index contributed by atoms with van der Waals surface area (Å²) >= 11 is 0. The van der Waals surface area contributed by atoms with Crippen LogP contribution in [-0.2, 0) is 38.4 Å². The van der Waals surface area contributed by atoms with Crippen molar-refractivity contribution in [3.05, 3.63) is 69.6 Å². The predicted octanol–water partition coefficient (Wildman–Crippen LogP) is 12.5. The minimum atomic E-state index is -0.826. The summed E-state index contributed by atoms with van der Waals surface area (Å²) < 4.78 is 15.3. The van der Waals surface area contributed by atoms with Gasteiger partial charge in [0.05, 0.1) is 40.5 Å². The lowest BCUT2D eigenvalue weighted by molar-refractivity contribution is -0.262. The third kappa shape index (κ3) is 8.08. The summed E-state index contributed by atoms with van der Waals surface area (Å²) in [7, 11) is 1.98. The van der Waals surface area contributed by atoms with E-state index in [2.05, 4.69) is 80.1 Å². The molecule has 2 spiro atoms. The standard InChI is InChI=1S/C68H97N3O7/c1-61(2)60(78-61)51(74)35-62(3)23-17-44-38-70-56-47(31-41-29-45(42-15-11-9-12-16-42)32-46(30-41)43-20-28-77-68(33-43)21-13-10-14-22-68)39-71(57(44)56)40-49-54-55(62)50(73)36-65(54,6)64(5)24-19-52-63(4,26-27-69-8)53(75)37-67(25-18-48(72)34-67)66(52,7)59(64)58(49)76/h29-30,32,38-39,42-43,48-49,51-52,58-60,69-70,72,74,76H,9-28,31,33-37,40H2,1-8H3. The number of nitrogens with zero attached hydrogens (tertiary/aromatic N) is 1. The minimum absolute atomic E-state index is 0.00920. The van der Waals surface area contributed by atoms with Crippen LogP contribution in [0.3, 0.4) is 0 Å². The van der Waals surface area contributed by atoms with Crippen LogP contribution in [0.2, 0.25) is 0 Å². The molecule has 6 saturated carbocycles. The number of hydrogen-bond acceptors (Lipinski definition) is 8. The molecule has 0 amide bonds. The Morgan fingerprint density at radius 3 is 2.27 bits per heavy atom. The van der Waals surface area contributed by atoms with Gasteiger partial charge in [-0.05, 0) is 202 Å². The van der Waals surface area contributed by atoms with Gasteiger partial charge < -0.3 is 39.7 Å². The van der Waals surface area contributed by atoms with Crippen LogP contribution in [-0.4, -0.2) is 92.3 Å². The largest absolute Gasteiger partial charge is 0.393 e.